The van der Waals surface area contributed by atoms with Crippen LogP contribution in [0.4, 0.5) is 4.79 Å². The zero-order valence-corrected chi connectivity index (χ0v) is 7.00. The van der Waals surface area contributed by atoms with Crippen molar-refractivity contribution in [2.45, 2.75) is 26.1 Å². The summed E-state index contributed by atoms with van der Waals surface area (Å²) < 4.78 is 0. The van der Waals surface area contributed by atoms with E-state index in [9.17, 15) is 9.59 Å². The number of urea groups is 1. The van der Waals surface area contributed by atoms with E-state index >= 15 is 0 Å². The highest BCUT2D eigenvalue weighted by Gasteiger charge is 2.34. The van der Waals surface area contributed by atoms with Crippen molar-refractivity contribution in [3.05, 3.63) is 0 Å². The molecule has 3 amide bonds. The summed E-state index contributed by atoms with van der Waals surface area (Å²) in [6, 6.07) is -0.500. The minimum Gasteiger partial charge on any atom is -0.313 e. The second-order valence-corrected chi connectivity index (χ2v) is 2.91. The van der Waals surface area contributed by atoms with Crippen LogP contribution < -0.4 is 16.5 Å². The molecule has 1 aliphatic rings. The number of nitrogens with zero attached hydrogens (tertiary/aromatic N) is 1. The third kappa shape index (κ3) is 1.54. The first kappa shape index (κ1) is 8.95. The van der Waals surface area contributed by atoms with Crippen molar-refractivity contribution in [1.29, 1.82) is 0 Å². The number of hydrazine groups is 1. The summed E-state index contributed by atoms with van der Waals surface area (Å²) in [6.45, 7) is 3.66. The van der Waals surface area contributed by atoms with Gasteiger partial charge in [0.25, 0.3) is 5.91 Å². The average molecular weight is 172 g/mol. The Labute approximate surface area is 70.1 Å². The SMILES string of the molecule is CC(C)N(N)C1NC(=O)NC1=O. The van der Waals surface area contributed by atoms with Gasteiger partial charge in [-0.1, -0.05) is 0 Å². The fourth-order valence-corrected chi connectivity index (χ4v) is 0.914. The van der Waals surface area contributed by atoms with Gasteiger partial charge in [-0.25, -0.2) is 9.80 Å². The Bertz CT molecular complexity index is 216. The molecule has 68 valence electrons. The number of carbonyl (C=O) groups is 2. The van der Waals surface area contributed by atoms with Crippen molar-refractivity contribution < 1.29 is 9.59 Å². The maximum absolute atomic E-state index is 11.0. The van der Waals surface area contributed by atoms with Gasteiger partial charge in [-0.3, -0.25) is 16.0 Å². The van der Waals surface area contributed by atoms with Crippen molar-refractivity contribution in [2.24, 2.45) is 5.84 Å². The summed E-state index contributed by atoms with van der Waals surface area (Å²) in [5, 5.41) is 5.77. The molecular formula is C6H12N4O2. The molecule has 4 N–H and O–H groups in total. The fourth-order valence-electron chi connectivity index (χ4n) is 0.914. The quantitative estimate of drug-likeness (QED) is 0.275. The lowest BCUT2D eigenvalue weighted by Gasteiger charge is -2.24. The summed E-state index contributed by atoms with van der Waals surface area (Å²) in [7, 11) is 0. The van der Waals surface area contributed by atoms with Crippen LogP contribution in [-0.2, 0) is 4.79 Å². The summed E-state index contributed by atoms with van der Waals surface area (Å²) in [6.07, 6.45) is -0.738. The molecule has 12 heavy (non-hydrogen) atoms. The van der Waals surface area contributed by atoms with E-state index in [0.29, 0.717) is 0 Å². The van der Waals surface area contributed by atoms with Crippen molar-refractivity contribution >= 4 is 11.9 Å². The lowest BCUT2D eigenvalue weighted by Crippen LogP contribution is -2.54. The number of hydrogen-bond acceptors (Lipinski definition) is 4. The Balaban J connectivity index is 2.64. The van der Waals surface area contributed by atoms with Gasteiger partial charge in [-0.2, -0.15) is 0 Å². The van der Waals surface area contributed by atoms with Gasteiger partial charge in [0.2, 0.25) is 0 Å². The van der Waals surface area contributed by atoms with Gasteiger partial charge in [-0.15, -0.1) is 0 Å². The van der Waals surface area contributed by atoms with E-state index < -0.39 is 18.1 Å². The molecule has 0 aromatic rings. The molecule has 1 aliphatic heterocycles. The number of nitrogens with two attached hydrogens (primary N) is 1. The first-order valence-electron chi connectivity index (χ1n) is 3.66. The maximum Gasteiger partial charge on any atom is 0.323 e. The predicted octanol–water partition coefficient (Wildman–Crippen LogP) is -1.26. The molecule has 1 unspecified atom stereocenters. The van der Waals surface area contributed by atoms with Gasteiger partial charge in [-0.05, 0) is 13.8 Å². The molecule has 0 aromatic carbocycles. The Kier molecular flexibility index (Phi) is 2.30. The van der Waals surface area contributed by atoms with Crippen LogP contribution in [0.3, 0.4) is 0 Å². The van der Waals surface area contributed by atoms with Crippen molar-refractivity contribution in [3.8, 4) is 0 Å². The van der Waals surface area contributed by atoms with Crippen LogP contribution in [-0.4, -0.2) is 29.2 Å². The van der Waals surface area contributed by atoms with Crippen molar-refractivity contribution in [2.75, 3.05) is 0 Å². The fraction of sp³-hybridized carbons (Fsp3) is 0.667. The highest BCUT2D eigenvalue weighted by molar-refractivity contribution is 6.03. The first-order valence-corrected chi connectivity index (χ1v) is 3.66. The van der Waals surface area contributed by atoms with Crippen molar-refractivity contribution in [1.82, 2.24) is 15.6 Å². The molecule has 1 heterocycles. The standard InChI is InChI=1S/C6H12N4O2/c1-3(2)10(7)4-5(11)9-6(12)8-4/h3-4H,7H2,1-2H3,(H2,8,9,11,12). The van der Waals surface area contributed by atoms with Crippen molar-refractivity contribution in [3.63, 3.8) is 0 Å². The van der Waals surface area contributed by atoms with E-state index in [1.54, 1.807) is 0 Å². The molecule has 6 heteroatoms. The molecule has 0 aliphatic carbocycles. The number of hydrogen-bond donors (Lipinski definition) is 3. The largest absolute Gasteiger partial charge is 0.323 e. The average Bonchev–Trinajstić information content (AvgIpc) is 2.28. The van der Waals surface area contributed by atoms with Crippen LogP contribution >= 0.6 is 0 Å². The number of imide groups is 1. The second-order valence-electron chi connectivity index (χ2n) is 2.91. The summed E-state index contributed by atoms with van der Waals surface area (Å²) >= 11 is 0. The van der Waals surface area contributed by atoms with E-state index in [2.05, 4.69) is 10.6 Å². The number of rotatable bonds is 2. The molecule has 6 nitrogen and oxygen atoms in total. The van der Waals surface area contributed by atoms with Gasteiger partial charge in [0.15, 0.2) is 6.17 Å². The molecule has 0 bridgehead atoms. The summed E-state index contributed by atoms with van der Waals surface area (Å²) in [4.78, 5) is 21.7. The minimum atomic E-state index is -0.738. The number of carbonyl (C=O) groups excluding carboxylic acids is 2. The highest BCUT2D eigenvalue weighted by atomic mass is 16.2. The van der Waals surface area contributed by atoms with Gasteiger partial charge in [0, 0.05) is 6.04 Å². The molecule has 1 rings (SSSR count). The van der Waals surface area contributed by atoms with Crippen LogP contribution in [0.5, 0.6) is 0 Å². The van der Waals surface area contributed by atoms with Crippen LogP contribution in [0.1, 0.15) is 13.8 Å². The normalized spacial score (nSPS) is 23.2. The molecule has 1 fully saturated rings. The van der Waals surface area contributed by atoms with Crippen LogP contribution in [0.25, 0.3) is 0 Å². The molecule has 0 aromatic heterocycles. The Morgan fingerprint density at radius 1 is 1.50 bits per heavy atom. The van der Waals surface area contributed by atoms with E-state index in [4.69, 9.17) is 5.84 Å². The van der Waals surface area contributed by atoms with Crippen LogP contribution in [0.15, 0.2) is 0 Å². The van der Waals surface area contributed by atoms with Gasteiger partial charge in [0.1, 0.15) is 0 Å². The Hall–Kier alpha value is -1.14. The van der Waals surface area contributed by atoms with E-state index in [1.165, 1.54) is 5.01 Å². The third-order valence-corrected chi connectivity index (χ3v) is 1.65. The molecule has 0 saturated carbocycles. The van der Waals surface area contributed by atoms with Gasteiger partial charge >= 0.3 is 6.03 Å². The third-order valence-electron chi connectivity index (χ3n) is 1.65. The minimum absolute atomic E-state index is 0.000787. The van der Waals surface area contributed by atoms with Crippen LogP contribution in [0, 0.1) is 0 Å². The molecule has 1 atom stereocenters. The van der Waals surface area contributed by atoms with Gasteiger partial charge < -0.3 is 5.32 Å². The molecular weight excluding hydrogens is 160 g/mol. The first-order chi connectivity index (χ1) is 5.52. The number of amides is 3. The van der Waals surface area contributed by atoms with E-state index in [1.807, 2.05) is 13.8 Å². The lowest BCUT2D eigenvalue weighted by molar-refractivity contribution is -0.124. The maximum atomic E-state index is 11.0. The molecule has 0 radical (unpaired) electrons. The number of nitrogens with one attached hydrogen (secondary N) is 2. The van der Waals surface area contributed by atoms with E-state index in [-0.39, 0.29) is 6.04 Å². The zero-order valence-electron chi connectivity index (χ0n) is 7.00. The van der Waals surface area contributed by atoms with E-state index in [0.717, 1.165) is 0 Å². The summed E-state index contributed by atoms with van der Waals surface area (Å²) in [5.41, 5.74) is 0. The second kappa shape index (κ2) is 3.08. The topological polar surface area (TPSA) is 87.5 Å². The smallest absolute Gasteiger partial charge is 0.313 e. The lowest BCUT2D eigenvalue weighted by atomic mass is 10.3. The summed E-state index contributed by atoms with van der Waals surface area (Å²) in [5.74, 6) is 5.13. The predicted molar refractivity (Wildman–Crippen MR) is 41.6 cm³/mol. The van der Waals surface area contributed by atoms with Gasteiger partial charge in [0.05, 0.1) is 0 Å². The Morgan fingerprint density at radius 2 is 2.08 bits per heavy atom. The molecule has 0 spiro atoms. The zero-order chi connectivity index (χ0) is 9.30. The highest BCUT2D eigenvalue weighted by Crippen LogP contribution is 2.00. The molecule has 1 saturated heterocycles. The monoisotopic (exact) mass is 172 g/mol. The Morgan fingerprint density at radius 3 is 2.42 bits per heavy atom. The van der Waals surface area contributed by atoms with Crippen LogP contribution in [0.2, 0.25) is 0 Å².